The lowest BCUT2D eigenvalue weighted by atomic mass is 9.79. The minimum Gasteiger partial charge on any atom is -0.303 e. The molecule has 2 bridgehead atoms. The Morgan fingerprint density at radius 2 is 1.71 bits per heavy atom. The van der Waals surface area contributed by atoms with Gasteiger partial charge >= 0.3 is 0 Å². The molecule has 0 amide bonds. The predicted octanol–water partition coefficient (Wildman–Crippen LogP) is 4.62. The molecule has 0 saturated carbocycles. The van der Waals surface area contributed by atoms with Crippen molar-refractivity contribution in [3.63, 3.8) is 0 Å². The van der Waals surface area contributed by atoms with Gasteiger partial charge in [-0.1, -0.05) is 54.6 Å². The molecule has 2 heteroatoms. The van der Waals surface area contributed by atoms with E-state index in [0.717, 1.165) is 11.8 Å². The van der Waals surface area contributed by atoms with E-state index < -0.39 is 0 Å². The number of rotatable bonds is 2. The highest BCUT2D eigenvalue weighted by atomic mass is 35.5. The molecule has 0 aliphatic carbocycles. The number of hydrogen-bond donors (Lipinski definition) is 0. The first kappa shape index (κ1) is 14.6. The van der Waals surface area contributed by atoms with Crippen molar-refractivity contribution in [1.82, 2.24) is 4.90 Å². The molecule has 110 valence electrons. The van der Waals surface area contributed by atoms with Crippen LogP contribution in [0.15, 0.2) is 48.5 Å². The van der Waals surface area contributed by atoms with Crippen LogP contribution in [-0.4, -0.2) is 24.5 Å². The van der Waals surface area contributed by atoms with Gasteiger partial charge in [-0.05, 0) is 54.1 Å². The summed E-state index contributed by atoms with van der Waals surface area (Å²) in [5.74, 6) is 1.68. The maximum absolute atomic E-state index is 2.62. The van der Waals surface area contributed by atoms with E-state index in [2.05, 4.69) is 59.5 Å². The van der Waals surface area contributed by atoms with Gasteiger partial charge in [-0.15, -0.1) is 12.4 Å². The van der Waals surface area contributed by atoms with E-state index in [1.165, 1.54) is 48.8 Å². The molecule has 1 unspecified atom stereocenters. The Labute approximate surface area is 133 Å². The second kappa shape index (κ2) is 6.21. The molecule has 2 aromatic rings. The summed E-state index contributed by atoms with van der Waals surface area (Å²) in [7, 11) is 0. The van der Waals surface area contributed by atoms with Crippen LogP contribution in [-0.2, 0) is 0 Å². The van der Waals surface area contributed by atoms with Gasteiger partial charge in [0.05, 0.1) is 0 Å². The van der Waals surface area contributed by atoms with Crippen LogP contribution in [0.1, 0.15) is 18.4 Å². The van der Waals surface area contributed by atoms with Crippen molar-refractivity contribution >= 4 is 29.3 Å². The number of nitrogens with zero attached hydrogens (tertiary/aromatic N) is 1. The van der Waals surface area contributed by atoms with Crippen LogP contribution >= 0.6 is 12.4 Å². The summed E-state index contributed by atoms with van der Waals surface area (Å²) in [4.78, 5) is 2.62. The quantitative estimate of drug-likeness (QED) is 0.782. The van der Waals surface area contributed by atoms with Crippen LogP contribution in [0, 0.1) is 11.8 Å². The van der Waals surface area contributed by atoms with Gasteiger partial charge < -0.3 is 4.90 Å². The maximum Gasteiger partial charge on any atom is 0.00471 e. The van der Waals surface area contributed by atoms with Crippen molar-refractivity contribution in [1.29, 1.82) is 0 Å². The Kier molecular flexibility index (Phi) is 4.32. The fourth-order valence-electron chi connectivity index (χ4n) is 3.85. The third-order valence-electron chi connectivity index (χ3n) is 5.05. The van der Waals surface area contributed by atoms with Crippen molar-refractivity contribution in [3.8, 4) is 0 Å². The lowest BCUT2D eigenvalue weighted by molar-refractivity contribution is 0.0740. The zero-order chi connectivity index (χ0) is 13.4. The van der Waals surface area contributed by atoms with E-state index in [1.54, 1.807) is 0 Å². The molecule has 21 heavy (non-hydrogen) atoms. The Morgan fingerprint density at radius 3 is 2.48 bits per heavy atom. The third kappa shape index (κ3) is 2.86. The number of halogens is 1. The summed E-state index contributed by atoms with van der Waals surface area (Å²) in [5, 5.41) is 2.70. The molecule has 1 atom stereocenters. The topological polar surface area (TPSA) is 3.24 Å². The van der Waals surface area contributed by atoms with Crippen LogP contribution in [0.4, 0.5) is 0 Å². The van der Waals surface area contributed by atoms with Gasteiger partial charge in [0.2, 0.25) is 0 Å². The third-order valence-corrected chi connectivity index (χ3v) is 5.05. The fraction of sp³-hybridized carbons (Fsp3) is 0.368. The van der Waals surface area contributed by atoms with Crippen LogP contribution in [0.5, 0.6) is 0 Å². The van der Waals surface area contributed by atoms with E-state index >= 15 is 0 Å². The summed E-state index contributed by atoms with van der Waals surface area (Å²) in [6.45, 7) is 3.92. The van der Waals surface area contributed by atoms with Crippen molar-refractivity contribution in [3.05, 3.63) is 54.1 Å². The molecule has 3 saturated heterocycles. The van der Waals surface area contributed by atoms with Crippen molar-refractivity contribution in [2.75, 3.05) is 19.6 Å². The number of benzene rings is 2. The molecule has 1 nitrogen and oxygen atoms in total. The summed E-state index contributed by atoms with van der Waals surface area (Å²) in [6, 6.07) is 15.3. The van der Waals surface area contributed by atoms with Gasteiger partial charge in [-0.2, -0.15) is 0 Å². The van der Waals surface area contributed by atoms with Gasteiger partial charge in [0.1, 0.15) is 0 Å². The van der Waals surface area contributed by atoms with Crippen molar-refractivity contribution in [2.24, 2.45) is 11.8 Å². The summed E-state index contributed by atoms with van der Waals surface area (Å²) < 4.78 is 0. The van der Waals surface area contributed by atoms with E-state index in [0.29, 0.717) is 0 Å². The number of fused-ring (bicyclic) bond motifs is 4. The predicted molar refractivity (Wildman–Crippen MR) is 92.9 cm³/mol. The molecule has 3 aliphatic rings. The summed E-state index contributed by atoms with van der Waals surface area (Å²) in [6.07, 6.45) is 7.61. The lowest BCUT2D eigenvalue weighted by Gasteiger charge is -2.43. The lowest BCUT2D eigenvalue weighted by Crippen LogP contribution is -2.46. The highest BCUT2D eigenvalue weighted by molar-refractivity contribution is 5.90. The zero-order valence-electron chi connectivity index (χ0n) is 12.2. The second-order valence-corrected chi connectivity index (χ2v) is 6.23. The Hall–Kier alpha value is -1.31. The first-order chi connectivity index (χ1) is 9.90. The highest BCUT2D eigenvalue weighted by Crippen LogP contribution is 2.33. The monoisotopic (exact) mass is 299 g/mol. The van der Waals surface area contributed by atoms with E-state index in [1.807, 2.05) is 0 Å². The molecule has 5 rings (SSSR count). The average Bonchev–Trinajstić information content (AvgIpc) is 2.54. The number of hydrogen-bond acceptors (Lipinski definition) is 1. The minimum atomic E-state index is 0. The maximum atomic E-state index is 2.62. The van der Waals surface area contributed by atoms with E-state index in [4.69, 9.17) is 0 Å². The van der Waals surface area contributed by atoms with Gasteiger partial charge in [-0.3, -0.25) is 0 Å². The van der Waals surface area contributed by atoms with E-state index in [-0.39, 0.29) is 12.4 Å². The Balaban J connectivity index is 0.00000132. The number of piperidine rings is 3. The van der Waals surface area contributed by atoms with Crippen LogP contribution in [0.2, 0.25) is 0 Å². The van der Waals surface area contributed by atoms with Crippen LogP contribution < -0.4 is 0 Å². The van der Waals surface area contributed by atoms with Gasteiger partial charge in [0.25, 0.3) is 0 Å². The molecule has 3 fully saturated rings. The smallest absolute Gasteiger partial charge is 0.00471 e. The molecular weight excluding hydrogens is 278 g/mol. The fourth-order valence-corrected chi connectivity index (χ4v) is 3.85. The molecule has 0 radical (unpaired) electrons. The largest absolute Gasteiger partial charge is 0.303 e. The minimum absolute atomic E-state index is 0. The summed E-state index contributed by atoms with van der Waals surface area (Å²) in [5.41, 5.74) is 1.36. The summed E-state index contributed by atoms with van der Waals surface area (Å²) >= 11 is 0. The van der Waals surface area contributed by atoms with Gasteiger partial charge in [0, 0.05) is 6.54 Å². The first-order valence-corrected chi connectivity index (χ1v) is 7.78. The molecule has 0 N–H and O–H groups in total. The second-order valence-electron chi connectivity index (χ2n) is 6.23. The van der Waals surface area contributed by atoms with Crippen LogP contribution in [0.3, 0.4) is 0 Å². The van der Waals surface area contributed by atoms with Crippen molar-refractivity contribution in [2.45, 2.75) is 12.8 Å². The van der Waals surface area contributed by atoms with E-state index in [9.17, 15) is 0 Å². The highest BCUT2D eigenvalue weighted by Gasteiger charge is 2.32. The molecule has 3 aliphatic heterocycles. The standard InChI is InChI=1S/C19H21N.ClH/c1-2-7-19-16(4-1)5-3-6-17(19)8-9-18-14-20-12-10-15(18)11-13-20;/h1-9,15,18H,10-14H2;1H/b9-8+;. The van der Waals surface area contributed by atoms with Crippen molar-refractivity contribution < 1.29 is 0 Å². The SMILES string of the molecule is C(=C\C1CN2CCC1CC2)/c1cccc2ccccc12.Cl. The molecule has 0 spiro atoms. The Morgan fingerprint density at radius 1 is 0.952 bits per heavy atom. The van der Waals surface area contributed by atoms with Crippen LogP contribution in [0.25, 0.3) is 16.8 Å². The van der Waals surface area contributed by atoms with Gasteiger partial charge in [-0.25, -0.2) is 0 Å². The normalized spacial score (nSPS) is 27.9. The van der Waals surface area contributed by atoms with Gasteiger partial charge in [0.15, 0.2) is 0 Å². The molecule has 0 aromatic heterocycles. The molecule has 2 aromatic carbocycles. The Bertz CT molecular complexity index is 636. The zero-order valence-corrected chi connectivity index (χ0v) is 13.1. The first-order valence-electron chi connectivity index (χ1n) is 7.78. The average molecular weight is 300 g/mol. The molecular formula is C19H22ClN. The molecule has 3 heterocycles.